The highest BCUT2D eigenvalue weighted by Gasteiger charge is 2.07. The molecular weight excluding hydrogens is 372 g/mol. The lowest BCUT2D eigenvalue weighted by Gasteiger charge is -2.07. The topological polar surface area (TPSA) is 57.4 Å². The van der Waals surface area contributed by atoms with E-state index < -0.39 is 0 Å². The fourth-order valence-electron chi connectivity index (χ4n) is 2.16. The molecule has 5 nitrogen and oxygen atoms in total. The number of nitrogens with zero attached hydrogens (tertiary/aromatic N) is 2. The van der Waals surface area contributed by atoms with Crippen LogP contribution in [0.5, 0.6) is 11.5 Å². The Hall–Kier alpha value is -2.60. The summed E-state index contributed by atoms with van der Waals surface area (Å²) in [5.74, 6) is 2.26. The van der Waals surface area contributed by atoms with Crippen molar-refractivity contribution in [2.45, 2.75) is 0 Å². The lowest BCUT2D eigenvalue weighted by Crippen LogP contribution is -1.90. The van der Waals surface area contributed by atoms with Crippen molar-refractivity contribution < 1.29 is 13.9 Å². The van der Waals surface area contributed by atoms with E-state index in [1.165, 1.54) is 0 Å². The van der Waals surface area contributed by atoms with Crippen molar-refractivity contribution in [3.63, 3.8) is 0 Å². The maximum absolute atomic E-state index is 5.66. The summed E-state index contributed by atoms with van der Waals surface area (Å²) >= 11 is 3.43. The molecule has 3 aromatic rings. The zero-order valence-electron chi connectivity index (χ0n) is 13.2. The quantitative estimate of drug-likeness (QED) is 0.636. The summed E-state index contributed by atoms with van der Waals surface area (Å²) in [6.07, 6.45) is 3.63. The smallest absolute Gasteiger partial charge is 0.248 e. The fourth-order valence-corrected chi connectivity index (χ4v) is 2.56. The first kappa shape index (κ1) is 16.3. The molecule has 122 valence electrons. The first-order valence-corrected chi connectivity index (χ1v) is 7.98. The van der Waals surface area contributed by atoms with Gasteiger partial charge in [0.15, 0.2) is 11.5 Å². The summed E-state index contributed by atoms with van der Waals surface area (Å²) in [6, 6.07) is 13.3. The Labute approximate surface area is 148 Å². The first-order chi connectivity index (χ1) is 11.7. The van der Waals surface area contributed by atoms with Gasteiger partial charge in [-0.15, -0.1) is 10.2 Å². The molecule has 6 heteroatoms. The number of hydrogen-bond acceptors (Lipinski definition) is 5. The van der Waals surface area contributed by atoms with Gasteiger partial charge >= 0.3 is 0 Å². The normalized spacial score (nSPS) is 11.0. The van der Waals surface area contributed by atoms with Gasteiger partial charge in [0.2, 0.25) is 11.8 Å². The van der Waals surface area contributed by atoms with Crippen LogP contribution < -0.4 is 9.47 Å². The van der Waals surface area contributed by atoms with Gasteiger partial charge in [0.05, 0.1) is 14.2 Å². The second-order valence-electron chi connectivity index (χ2n) is 4.90. The molecule has 0 N–H and O–H groups in total. The predicted molar refractivity (Wildman–Crippen MR) is 95.9 cm³/mol. The molecule has 0 atom stereocenters. The minimum atomic E-state index is 0.430. The van der Waals surface area contributed by atoms with Gasteiger partial charge < -0.3 is 13.9 Å². The Morgan fingerprint density at radius 1 is 0.958 bits per heavy atom. The van der Waals surface area contributed by atoms with Gasteiger partial charge in [0.1, 0.15) is 0 Å². The van der Waals surface area contributed by atoms with Crippen molar-refractivity contribution in [2.75, 3.05) is 14.2 Å². The highest BCUT2D eigenvalue weighted by Crippen LogP contribution is 2.28. The number of methoxy groups -OCH3 is 2. The molecule has 0 bridgehead atoms. The summed E-state index contributed by atoms with van der Waals surface area (Å²) in [4.78, 5) is 0. The molecule has 2 aromatic carbocycles. The number of benzene rings is 2. The summed E-state index contributed by atoms with van der Waals surface area (Å²) in [7, 11) is 3.21. The number of halogens is 1. The van der Waals surface area contributed by atoms with Gasteiger partial charge in [-0.1, -0.05) is 28.1 Å². The molecule has 0 saturated heterocycles. The summed E-state index contributed by atoms with van der Waals surface area (Å²) < 4.78 is 17.1. The predicted octanol–water partition coefficient (Wildman–Crippen LogP) is 4.69. The van der Waals surface area contributed by atoms with E-state index in [0.29, 0.717) is 23.3 Å². The molecule has 24 heavy (non-hydrogen) atoms. The van der Waals surface area contributed by atoms with Crippen molar-refractivity contribution >= 4 is 28.1 Å². The van der Waals surface area contributed by atoms with Crippen molar-refractivity contribution in [3.8, 4) is 23.0 Å². The number of rotatable bonds is 5. The van der Waals surface area contributed by atoms with Crippen LogP contribution in [0, 0.1) is 0 Å². The zero-order chi connectivity index (χ0) is 16.9. The largest absolute Gasteiger partial charge is 0.493 e. The van der Waals surface area contributed by atoms with Gasteiger partial charge in [-0.05, 0) is 42.0 Å². The Kier molecular flexibility index (Phi) is 4.96. The van der Waals surface area contributed by atoms with Gasteiger partial charge in [0.25, 0.3) is 0 Å². The molecule has 0 radical (unpaired) electrons. The third-order valence-corrected chi connectivity index (χ3v) is 3.83. The van der Waals surface area contributed by atoms with E-state index >= 15 is 0 Å². The van der Waals surface area contributed by atoms with Gasteiger partial charge in [-0.2, -0.15) is 0 Å². The minimum Gasteiger partial charge on any atom is -0.493 e. The molecule has 0 fully saturated rings. The minimum absolute atomic E-state index is 0.430. The molecule has 0 unspecified atom stereocenters. The molecule has 0 aliphatic rings. The first-order valence-electron chi connectivity index (χ1n) is 7.19. The maximum atomic E-state index is 5.66. The molecule has 0 spiro atoms. The van der Waals surface area contributed by atoms with Crippen LogP contribution in [-0.2, 0) is 0 Å². The summed E-state index contributed by atoms with van der Waals surface area (Å²) in [5, 5.41) is 8.11. The second-order valence-corrected chi connectivity index (χ2v) is 5.82. The lowest BCUT2D eigenvalue weighted by molar-refractivity contribution is 0.355. The average Bonchev–Trinajstić information content (AvgIpc) is 3.08. The van der Waals surface area contributed by atoms with Crippen LogP contribution in [0.25, 0.3) is 23.6 Å². The number of aromatic nitrogens is 2. The van der Waals surface area contributed by atoms with Crippen molar-refractivity contribution in [3.05, 3.63) is 58.4 Å². The van der Waals surface area contributed by atoms with Crippen LogP contribution in [0.15, 0.2) is 51.4 Å². The van der Waals surface area contributed by atoms with E-state index in [1.807, 2.05) is 48.5 Å². The Morgan fingerprint density at radius 2 is 1.79 bits per heavy atom. The van der Waals surface area contributed by atoms with Crippen LogP contribution in [-0.4, -0.2) is 24.4 Å². The van der Waals surface area contributed by atoms with Gasteiger partial charge in [-0.3, -0.25) is 0 Å². The van der Waals surface area contributed by atoms with Gasteiger partial charge in [0, 0.05) is 16.1 Å². The van der Waals surface area contributed by atoms with Crippen molar-refractivity contribution in [1.82, 2.24) is 10.2 Å². The molecule has 0 saturated carbocycles. The second kappa shape index (κ2) is 7.31. The standard InChI is InChI=1S/C18H15BrN2O3/c1-22-15-8-6-12(10-16(15)23-2)7-9-17-20-21-18(24-17)13-4-3-5-14(19)11-13/h3-11H,1-2H3/b9-7+. The monoisotopic (exact) mass is 386 g/mol. The van der Waals surface area contributed by atoms with Crippen LogP contribution in [0.3, 0.4) is 0 Å². The van der Waals surface area contributed by atoms with E-state index in [9.17, 15) is 0 Å². The van der Waals surface area contributed by atoms with Crippen LogP contribution in [0.4, 0.5) is 0 Å². The van der Waals surface area contributed by atoms with Crippen LogP contribution in [0.1, 0.15) is 11.5 Å². The Morgan fingerprint density at radius 3 is 2.54 bits per heavy atom. The molecule has 1 aromatic heterocycles. The number of ether oxygens (including phenoxy) is 2. The van der Waals surface area contributed by atoms with Crippen LogP contribution >= 0.6 is 15.9 Å². The van der Waals surface area contributed by atoms with Gasteiger partial charge in [-0.25, -0.2) is 0 Å². The third-order valence-electron chi connectivity index (χ3n) is 3.34. The highest BCUT2D eigenvalue weighted by molar-refractivity contribution is 9.10. The molecular formula is C18H15BrN2O3. The lowest BCUT2D eigenvalue weighted by atomic mass is 10.2. The molecule has 3 rings (SSSR count). The van der Waals surface area contributed by atoms with E-state index in [0.717, 1.165) is 15.6 Å². The van der Waals surface area contributed by atoms with E-state index in [4.69, 9.17) is 13.9 Å². The highest BCUT2D eigenvalue weighted by atomic mass is 79.9. The Balaban J connectivity index is 1.80. The number of hydrogen-bond donors (Lipinski definition) is 0. The zero-order valence-corrected chi connectivity index (χ0v) is 14.8. The molecule has 0 amide bonds. The molecule has 0 aliphatic heterocycles. The van der Waals surface area contributed by atoms with Crippen LogP contribution in [0.2, 0.25) is 0 Å². The third kappa shape index (κ3) is 3.65. The van der Waals surface area contributed by atoms with E-state index in [2.05, 4.69) is 26.1 Å². The summed E-state index contributed by atoms with van der Waals surface area (Å²) in [5.41, 5.74) is 1.80. The summed E-state index contributed by atoms with van der Waals surface area (Å²) in [6.45, 7) is 0. The van der Waals surface area contributed by atoms with E-state index in [1.54, 1.807) is 20.3 Å². The Bertz CT molecular complexity index is 874. The molecule has 1 heterocycles. The average molecular weight is 387 g/mol. The fraction of sp³-hybridized carbons (Fsp3) is 0.111. The van der Waals surface area contributed by atoms with Crippen molar-refractivity contribution in [1.29, 1.82) is 0 Å². The SMILES string of the molecule is COc1ccc(/C=C/c2nnc(-c3cccc(Br)c3)o2)cc1OC. The van der Waals surface area contributed by atoms with Crippen molar-refractivity contribution in [2.24, 2.45) is 0 Å². The van der Waals surface area contributed by atoms with E-state index in [-0.39, 0.29) is 0 Å². The molecule has 0 aliphatic carbocycles. The maximum Gasteiger partial charge on any atom is 0.248 e.